The Labute approximate surface area is 151 Å². The van der Waals surface area contributed by atoms with E-state index in [1.54, 1.807) is 12.1 Å². The Balaban J connectivity index is 1.82. The highest BCUT2D eigenvalue weighted by molar-refractivity contribution is 6.30. The van der Waals surface area contributed by atoms with Gasteiger partial charge in [0.15, 0.2) is 0 Å². The van der Waals surface area contributed by atoms with Gasteiger partial charge in [-0.15, -0.1) is 0 Å². The van der Waals surface area contributed by atoms with Gasteiger partial charge in [0.2, 0.25) is 0 Å². The summed E-state index contributed by atoms with van der Waals surface area (Å²) in [6.07, 6.45) is 0.607. The van der Waals surface area contributed by atoms with Gasteiger partial charge < -0.3 is 14.9 Å². The van der Waals surface area contributed by atoms with Gasteiger partial charge in [-0.25, -0.2) is 9.18 Å². The van der Waals surface area contributed by atoms with Crippen molar-refractivity contribution >= 4 is 23.4 Å². The van der Waals surface area contributed by atoms with Crippen molar-refractivity contribution in [1.29, 1.82) is 0 Å². The Morgan fingerprint density at radius 1 is 1.20 bits per heavy atom. The van der Waals surface area contributed by atoms with Gasteiger partial charge >= 0.3 is 6.09 Å². The number of piperidine rings is 1. The lowest BCUT2D eigenvalue weighted by atomic mass is 10.0. The summed E-state index contributed by atoms with van der Waals surface area (Å²) in [4.78, 5) is 14.8. The summed E-state index contributed by atoms with van der Waals surface area (Å²) in [5, 5.41) is 9.81. The molecule has 1 N–H and O–H groups in total. The van der Waals surface area contributed by atoms with Crippen LogP contribution < -0.4 is 4.90 Å². The first-order valence-corrected chi connectivity index (χ1v) is 8.65. The predicted molar refractivity (Wildman–Crippen MR) is 96.7 cm³/mol. The Morgan fingerprint density at radius 2 is 1.88 bits per heavy atom. The molecule has 3 rings (SSSR count). The molecular formula is C19H20ClFN2O2. The molecule has 0 aliphatic carbocycles. The maximum Gasteiger partial charge on any atom is 0.407 e. The summed E-state index contributed by atoms with van der Waals surface area (Å²) in [7, 11) is 0. The van der Waals surface area contributed by atoms with Crippen molar-refractivity contribution in [2.75, 3.05) is 18.0 Å². The van der Waals surface area contributed by atoms with E-state index in [2.05, 4.69) is 4.90 Å². The molecule has 132 valence electrons. The number of hydrogen-bond acceptors (Lipinski definition) is 2. The first-order valence-electron chi connectivity index (χ1n) is 8.27. The Hall–Kier alpha value is -2.27. The molecule has 0 aromatic heterocycles. The average molecular weight is 363 g/mol. The Kier molecular flexibility index (Phi) is 5.43. The van der Waals surface area contributed by atoms with E-state index in [1.165, 1.54) is 17.0 Å². The third-order valence-electron chi connectivity index (χ3n) is 4.58. The van der Waals surface area contributed by atoms with Crippen LogP contribution in [-0.4, -0.2) is 35.2 Å². The predicted octanol–water partition coefficient (Wildman–Crippen LogP) is 4.63. The highest BCUT2D eigenvalue weighted by atomic mass is 35.5. The van der Waals surface area contributed by atoms with Gasteiger partial charge in [0.05, 0.1) is 0 Å². The van der Waals surface area contributed by atoms with E-state index in [0.717, 1.165) is 24.1 Å². The summed E-state index contributed by atoms with van der Waals surface area (Å²) in [5.74, 6) is -0.271. The molecule has 6 heteroatoms. The molecule has 1 aliphatic rings. The molecule has 0 saturated carbocycles. The lowest BCUT2D eigenvalue weighted by molar-refractivity contribution is 0.131. The van der Waals surface area contributed by atoms with E-state index < -0.39 is 6.09 Å². The largest absolute Gasteiger partial charge is 0.465 e. The zero-order valence-corrected chi connectivity index (χ0v) is 14.5. The average Bonchev–Trinajstić information content (AvgIpc) is 2.61. The van der Waals surface area contributed by atoms with Crippen LogP contribution in [0.25, 0.3) is 0 Å². The van der Waals surface area contributed by atoms with E-state index in [-0.39, 0.29) is 11.9 Å². The third-order valence-corrected chi connectivity index (χ3v) is 4.81. The number of benzene rings is 2. The Morgan fingerprint density at radius 3 is 2.48 bits per heavy atom. The number of nitrogens with zero attached hydrogens (tertiary/aromatic N) is 2. The number of anilines is 1. The Bertz CT molecular complexity index is 730. The zero-order valence-electron chi connectivity index (χ0n) is 13.7. The molecule has 0 spiro atoms. The molecule has 0 bridgehead atoms. The van der Waals surface area contributed by atoms with Crippen molar-refractivity contribution in [2.24, 2.45) is 0 Å². The van der Waals surface area contributed by atoms with Gasteiger partial charge in [-0.05, 0) is 54.8 Å². The summed E-state index contributed by atoms with van der Waals surface area (Å²) < 4.78 is 13.3. The molecule has 0 radical (unpaired) electrons. The number of rotatable bonds is 4. The molecular weight excluding hydrogens is 343 g/mol. The minimum absolute atomic E-state index is 0.194. The summed E-state index contributed by atoms with van der Waals surface area (Å²) in [6.45, 7) is 1.66. The molecule has 4 nitrogen and oxygen atoms in total. The standard InChI is InChI=1S/C19H20ClFN2O2/c20-15-3-1-2-14(12-15)13-23(17-6-4-16(21)5-7-17)18-8-10-22(11-9-18)19(24)25/h1-7,12,18H,8-11,13H2,(H,24,25). The van der Waals surface area contributed by atoms with Crippen LogP contribution in [0.4, 0.5) is 14.9 Å². The maximum atomic E-state index is 13.3. The van der Waals surface area contributed by atoms with E-state index in [9.17, 15) is 9.18 Å². The van der Waals surface area contributed by atoms with Crippen LogP contribution in [0.15, 0.2) is 48.5 Å². The maximum absolute atomic E-state index is 13.3. The number of halogens is 2. The molecule has 1 heterocycles. The van der Waals surface area contributed by atoms with Crippen LogP contribution in [0.3, 0.4) is 0 Å². The SMILES string of the molecule is O=C(O)N1CCC(N(Cc2cccc(Cl)c2)c2ccc(F)cc2)CC1. The number of carboxylic acid groups (broad SMARTS) is 1. The third kappa shape index (κ3) is 4.42. The second kappa shape index (κ2) is 7.74. The molecule has 1 fully saturated rings. The number of hydrogen-bond donors (Lipinski definition) is 1. The first kappa shape index (κ1) is 17.5. The highest BCUT2D eigenvalue weighted by Gasteiger charge is 2.27. The van der Waals surface area contributed by atoms with Gasteiger partial charge in [-0.3, -0.25) is 0 Å². The van der Waals surface area contributed by atoms with Gasteiger partial charge in [0.25, 0.3) is 0 Å². The van der Waals surface area contributed by atoms with E-state index in [0.29, 0.717) is 24.7 Å². The van der Waals surface area contributed by atoms with Gasteiger partial charge in [0.1, 0.15) is 5.82 Å². The molecule has 1 saturated heterocycles. The smallest absolute Gasteiger partial charge is 0.407 e. The fourth-order valence-corrected chi connectivity index (χ4v) is 3.48. The molecule has 2 aromatic rings. The molecule has 0 atom stereocenters. The van der Waals surface area contributed by atoms with Gasteiger partial charge in [-0.2, -0.15) is 0 Å². The van der Waals surface area contributed by atoms with Crippen LogP contribution in [0, 0.1) is 5.82 Å². The lowest BCUT2D eigenvalue weighted by Gasteiger charge is -2.39. The normalized spacial score (nSPS) is 15.2. The number of likely N-dealkylation sites (tertiary alicyclic amines) is 1. The quantitative estimate of drug-likeness (QED) is 0.862. The highest BCUT2D eigenvalue weighted by Crippen LogP contribution is 2.27. The summed E-state index contributed by atoms with van der Waals surface area (Å²) in [6, 6.07) is 14.3. The zero-order chi connectivity index (χ0) is 17.8. The topological polar surface area (TPSA) is 43.8 Å². The van der Waals surface area contributed by atoms with Crippen molar-refractivity contribution in [1.82, 2.24) is 4.90 Å². The van der Waals surface area contributed by atoms with E-state index in [1.807, 2.05) is 24.3 Å². The summed E-state index contributed by atoms with van der Waals surface area (Å²) >= 11 is 6.09. The first-order chi connectivity index (χ1) is 12.0. The van der Waals surface area contributed by atoms with Gasteiger partial charge in [0, 0.05) is 36.4 Å². The fraction of sp³-hybridized carbons (Fsp3) is 0.316. The number of amides is 1. The second-order valence-corrected chi connectivity index (χ2v) is 6.67. The molecule has 2 aromatic carbocycles. The van der Waals surface area contributed by atoms with E-state index >= 15 is 0 Å². The van der Waals surface area contributed by atoms with Crippen LogP contribution >= 0.6 is 11.6 Å². The fourth-order valence-electron chi connectivity index (χ4n) is 3.26. The van der Waals surface area contributed by atoms with Crippen LogP contribution in [0.2, 0.25) is 5.02 Å². The van der Waals surface area contributed by atoms with Crippen molar-refractivity contribution < 1.29 is 14.3 Å². The number of carbonyl (C=O) groups is 1. The minimum atomic E-state index is -0.873. The molecule has 0 unspecified atom stereocenters. The van der Waals surface area contributed by atoms with Crippen LogP contribution in [0.5, 0.6) is 0 Å². The summed E-state index contributed by atoms with van der Waals surface area (Å²) in [5.41, 5.74) is 1.99. The van der Waals surface area contributed by atoms with Gasteiger partial charge in [-0.1, -0.05) is 23.7 Å². The second-order valence-electron chi connectivity index (χ2n) is 6.24. The van der Waals surface area contributed by atoms with Crippen molar-refractivity contribution in [2.45, 2.75) is 25.4 Å². The van der Waals surface area contributed by atoms with Crippen molar-refractivity contribution in [3.63, 3.8) is 0 Å². The lowest BCUT2D eigenvalue weighted by Crippen LogP contribution is -2.46. The van der Waals surface area contributed by atoms with Crippen LogP contribution in [0.1, 0.15) is 18.4 Å². The van der Waals surface area contributed by atoms with Crippen LogP contribution in [-0.2, 0) is 6.54 Å². The monoisotopic (exact) mass is 362 g/mol. The van der Waals surface area contributed by atoms with Crippen molar-refractivity contribution in [3.05, 3.63) is 64.9 Å². The molecule has 25 heavy (non-hydrogen) atoms. The van der Waals surface area contributed by atoms with Crippen molar-refractivity contribution in [3.8, 4) is 0 Å². The molecule has 1 amide bonds. The van der Waals surface area contributed by atoms with E-state index in [4.69, 9.17) is 16.7 Å². The minimum Gasteiger partial charge on any atom is -0.465 e. The molecule has 1 aliphatic heterocycles.